The lowest BCUT2D eigenvalue weighted by atomic mass is 10.1. The van der Waals surface area contributed by atoms with Gasteiger partial charge in [-0.15, -0.1) is 0 Å². The zero-order chi connectivity index (χ0) is 21.2. The van der Waals surface area contributed by atoms with Gasteiger partial charge in [0.25, 0.3) is 10.0 Å². The van der Waals surface area contributed by atoms with E-state index in [4.69, 9.17) is 11.6 Å². The summed E-state index contributed by atoms with van der Waals surface area (Å²) in [6, 6.07) is 8.20. The number of nitrogens with zero attached hydrogens (tertiary/aromatic N) is 2. The minimum Gasteiger partial charge on any atom is -0.311 e. The van der Waals surface area contributed by atoms with Gasteiger partial charge in [-0.3, -0.25) is 14.5 Å². The second-order valence-corrected chi connectivity index (χ2v) is 8.24. The molecular formula is C19H16ClFN4O3S. The van der Waals surface area contributed by atoms with Gasteiger partial charge in [0.2, 0.25) is 5.91 Å². The Morgan fingerprint density at radius 3 is 2.55 bits per heavy atom. The maximum Gasteiger partial charge on any atom is 0.264 e. The quantitative estimate of drug-likeness (QED) is 0.632. The van der Waals surface area contributed by atoms with Crippen molar-refractivity contribution in [1.82, 2.24) is 9.97 Å². The molecule has 0 saturated heterocycles. The molecule has 0 aliphatic heterocycles. The molecule has 2 aromatic heterocycles. The lowest BCUT2D eigenvalue weighted by Gasteiger charge is -2.13. The highest BCUT2D eigenvalue weighted by Gasteiger charge is 2.21. The van der Waals surface area contributed by atoms with Crippen LogP contribution in [0.1, 0.15) is 12.6 Å². The minimum atomic E-state index is -4.20. The maximum atomic E-state index is 14.1. The molecule has 0 aliphatic carbocycles. The van der Waals surface area contributed by atoms with Gasteiger partial charge in [-0.25, -0.2) is 17.8 Å². The van der Waals surface area contributed by atoms with Gasteiger partial charge < -0.3 is 5.32 Å². The topological polar surface area (TPSA) is 101 Å². The van der Waals surface area contributed by atoms with Crippen LogP contribution in [0.4, 0.5) is 15.9 Å². The van der Waals surface area contributed by atoms with Gasteiger partial charge in [0, 0.05) is 29.9 Å². The Bertz CT molecular complexity index is 1200. The predicted octanol–water partition coefficient (Wildman–Crippen LogP) is 4.00. The number of halogens is 2. The lowest BCUT2D eigenvalue weighted by molar-refractivity contribution is -0.114. The van der Waals surface area contributed by atoms with Gasteiger partial charge in [-0.1, -0.05) is 11.6 Å². The summed E-state index contributed by atoms with van der Waals surface area (Å²) in [4.78, 5) is 19.0. The smallest absolute Gasteiger partial charge is 0.264 e. The molecule has 0 unspecified atom stereocenters. The van der Waals surface area contributed by atoms with E-state index in [0.717, 1.165) is 12.1 Å². The van der Waals surface area contributed by atoms with Crippen LogP contribution in [0.25, 0.3) is 11.1 Å². The van der Waals surface area contributed by atoms with E-state index in [9.17, 15) is 17.6 Å². The first-order valence-electron chi connectivity index (χ1n) is 8.34. The number of aryl methyl sites for hydroxylation is 1. The predicted molar refractivity (Wildman–Crippen MR) is 109 cm³/mol. The summed E-state index contributed by atoms with van der Waals surface area (Å²) in [5.41, 5.74) is 1.84. The molecule has 150 valence electrons. The standard InChI is InChI=1S/C19H16ClFN4O3S/c1-11-17(25-29(27,28)18-4-3-15(20)9-16(18)21)7-14(10-23-11)13-5-6-22-19(8-13)24-12(2)26/h3-10,25H,1-2H3,(H,22,24,26). The largest absolute Gasteiger partial charge is 0.311 e. The number of rotatable bonds is 5. The van der Waals surface area contributed by atoms with Crippen LogP contribution in [0.15, 0.2) is 53.7 Å². The van der Waals surface area contributed by atoms with E-state index in [1.54, 1.807) is 31.3 Å². The Hall–Kier alpha value is -3.04. The van der Waals surface area contributed by atoms with Crippen molar-refractivity contribution in [2.24, 2.45) is 0 Å². The minimum absolute atomic E-state index is 0.0916. The molecule has 0 radical (unpaired) electrons. The first kappa shape index (κ1) is 20.7. The Kier molecular flexibility index (Phi) is 5.81. The van der Waals surface area contributed by atoms with Crippen LogP contribution < -0.4 is 10.0 Å². The molecule has 0 aliphatic rings. The molecule has 2 N–H and O–H groups in total. The van der Waals surface area contributed by atoms with Gasteiger partial charge >= 0.3 is 0 Å². The van der Waals surface area contributed by atoms with E-state index in [2.05, 4.69) is 20.0 Å². The molecule has 2 heterocycles. The van der Waals surface area contributed by atoms with E-state index in [1.165, 1.54) is 19.2 Å². The first-order valence-corrected chi connectivity index (χ1v) is 10.2. The van der Waals surface area contributed by atoms with Gasteiger partial charge in [0.15, 0.2) is 0 Å². The summed E-state index contributed by atoms with van der Waals surface area (Å²) in [6.07, 6.45) is 3.07. The monoisotopic (exact) mass is 434 g/mol. The van der Waals surface area contributed by atoms with Crippen LogP contribution in [0.2, 0.25) is 5.02 Å². The zero-order valence-corrected chi connectivity index (χ0v) is 17.0. The number of amides is 1. The Morgan fingerprint density at radius 2 is 1.86 bits per heavy atom. The van der Waals surface area contributed by atoms with Crippen LogP contribution in [0.5, 0.6) is 0 Å². The number of aromatic nitrogens is 2. The third-order valence-corrected chi connectivity index (χ3v) is 5.55. The van der Waals surface area contributed by atoms with Crippen LogP contribution >= 0.6 is 11.6 Å². The molecule has 1 amide bonds. The van der Waals surface area contributed by atoms with E-state index >= 15 is 0 Å². The van der Waals surface area contributed by atoms with Crippen molar-refractivity contribution in [3.8, 4) is 11.1 Å². The average molecular weight is 435 g/mol. The molecule has 1 aromatic carbocycles. The number of benzene rings is 1. The Morgan fingerprint density at radius 1 is 1.10 bits per heavy atom. The molecule has 7 nitrogen and oxygen atoms in total. The Balaban J connectivity index is 1.97. The fourth-order valence-electron chi connectivity index (χ4n) is 2.55. The van der Waals surface area contributed by atoms with E-state index in [1.807, 2.05) is 0 Å². The molecule has 0 fully saturated rings. The van der Waals surface area contributed by atoms with Crippen molar-refractivity contribution in [3.05, 3.63) is 65.3 Å². The number of nitrogens with one attached hydrogen (secondary N) is 2. The molecule has 0 atom stereocenters. The summed E-state index contributed by atoms with van der Waals surface area (Å²) >= 11 is 5.69. The Labute approximate surface area is 172 Å². The SMILES string of the molecule is CC(=O)Nc1cc(-c2cnc(C)c(NS(=O)(=O)c3ccc(Cl)cc3F)c2)ccn1. The molecule has 0 saturated carbocycles. The van der Waals surface area contributed by atoms with E-state index < -0.39 is 20.7 Å². The van der Waals surface area contributed by atoms with Crippen molar-refractivity contribution in [1.29, 1.82) is 0 Å². The fourth-order valence-corrected chi connectivity index (χ4v) is 3.87. The molecule has 3 rings (SSSR count). The van der Waals surface area contributed by atoms with Gasteiger partial charge in [-0.05, 0) is 48.9 Å². The van der Waals surface area contributed by atoms with Gasteiger partial charge in [0.05, 0.1) is 11.4 Å². The second-order valence-electron chi connectivity index (χ2n) is 6.15. The average Bonchev–Trinajstić information content (AvgIpc) is 2.62. The third-order valence-electron chi connectivity index (χ3n) is 3.91. The number of pyridine rings is 2. The normalized spacial score (nSPS) is 11.2. The summed E-state index contributed by atoms with van der Waals surface area (Å²) in [5.74, 6) is -0.878. The summed E-state index contributed by atoms with van der Waals surface area (Å²) in [7, 11) is -4.20. The molecule has 10 heteroatoms. The van der Waals surface area contributed by atoms with Crippen molar-refractivity contribution in [3.63, 3.8) is 0 Å². The highest BCUT2D eigenvalue weighted by Crippen LogP contribution is 2.27. The van der Waals surface area contributed by atoms with Crippen molar-refractivity contribution < 1.29 is 17.6 Å². The number of sulfonamides is 1. The maximum absolute atomic E-state index is 14.1. The molecule has 0 bridgehead atoms. The highest BCUT2D eigenvalue weighted by molar-refractivity contribution is 7.92. The number of carbonyl (C=O) groups is 1. The summed E-state index contributed by atoms with van der Waals surface area (Å²) in [5, 5.41) is 2.67. The van der Waals surface area contributed by atoms with Gasteiger partial charge in [0.1, 0.15) is 16.5 Å². The zero-order valence-electron chi connectivity index (χ0n) is 15.4. The molecule has 0 spiro atoms. The summed E-state index contributed by atoms with van der Waals surface area (Å²) in [6.45, 7) is 2.99. The molecule has 29 heavy (non-hydrogen) atoms. The van der Waals surface area contributed by atoms with Crippen molar-refractivity contribution >= 4 is 39.0 Å². The van der Waals surface area contributed by atoms with Gasteiger partial charge in [-0.2, -0.15) is 0 Å². The van der Waals surface area contributed by atoms with Crippen LogP contribution in [0, 0.1) is 12.7 Å². The number of anilines is 2. The van der Waals surface area contributed by atoms with E-state index in [0.29, 0.717) is 22.6 Å². The van der Waals surface area contributed by atoms with Crippen LogP contribution in [-0.4, -0.2) is 24.3 Å². The second kappa shape index (κ2) is 8.14. The third kappa shape index (κ3) is 4.87. The van der Waals surface area contributed by atoms with Crippen LogP contribution in [0.3, 0.4) is 0 Å². The lowest BCUT2D eigenvalue weighted by Crippen LogP contribution is -2.15. The number of carbonyl (C=O) groups excluding carboxylic acids is 1. The number of hydrogen-bond donors (Lipinski definition) is 2. The molecular weight excluding hydrogens is 419 g/mol. The molecule has 3 aromatic rings. The highest BCUT2D eigenvalue weighted by atomic mass is 35.5. The fraction of sp³-hybridized carbons (Fsp3) is 0.105. The van der Waals surface area contributed by atoms with Crippen LogP contribution in [-0.2, 0) is 14.8 Å². The number of hydrogen-bond acceptors (Lipinski definition) is 5. The van der Waals surface area contributed by atoms with Crippen molar-refractivity contribution in [2.45, 2.75) is 18.7 Å². The summed E-state index contributed by atoms with van der Waals surface area (Å²) < 4.78 is 41.7. The first-order chi connectivity index (χ1) is 13.7. The van der Waals surface area contributed by atoms with Crippen molar-refractivity contribution in [2.75, 3.05) is 10.0 Å². The van der Waals surface area contributed by atoms with E-state index in [-0.39, 0.29) is 16.6 Å².